The van der Waals surface area contributed by atoms with E-state index in [1.807, 2.05) is 19.9 Å². The Balaban J connectivity index is 2.58. The Morgan fingerprint density at radius 1 is 1.35 bits per heavy atom. The first-order valence-corrected chi connectivity index (χ1v) is 6.00. The zero-order valence-corrected chi connectivity index (χ0v) is 10.9. The summed E-state index contributed by atoms with van der Waals surface area (Å²) in [5, 5.41) is 20.9. The molecule has 0 N–H and O–H groups in total. The zero-order valence-electron chi connectivity index (χ0n) is 10.9. The minimum atomic E-state index is -0.443. The quantitative estimate of drug-likeness (QED) is 0.500. The molecule has 0 bridgehead atoms. The molecule has 0 atom stereocenters. The van der Waals surface area contributed by atoms with E-state index >= 15 is 0 Å². The van der Waals surface area contributed by atoms with E-state index in [0.717, 1.165) is 11.4 Å². The molecule has 0 aliphatic heterocycles. The predicted molar refractivity (Wildman–Crippen MR) is 73.5 cm³/mol. The summed E-state index contributed by atoms with van der Waals surface area (Å²) in [6, 6.07) is 8.52. The van der Waals surface area contributed by atoms with E-state index in [2.05, 4.69) is 11.1 Å². The highest BCUT2D eigenvalue weighted by Gasteiger charge is 2.17. The van der Waals surface area contributed by atoms with Crippen molar-refractivity contribution in [2.45, 2.75) is 13.8 Å². The number of nitro groups is 1. The highest BCUT2D eigenvalue weighted by atomic mass is 16.6. The molecular formula is C14H10N4O2. The van der Waals surface area contributed by atoms with E-state index in [9.17, 15) is 15.4 Å². The molecule has 0 spiro atoms. The molecule has 0 fully saturated rings. The van der Waals surface area contributed by atoms with Gasteiger partial charge in [0.1, 0.15) is 11.6 Å². The lowest BCUT2D eigenvalue weighted by Crippen LogP contribution is -1.96. The molecule has 0 unspecified atom stereocenters. The number of fused-ring (bicyclic) bond motifs is 3. The molecule has 98 valence electrons. The molecule has 1 aromatic carbocycles. The molecule has 0 aliphatic rings. The van der Waals surface area contributed by atoms with Gasteiger partial charge in [-0.1, -0.05) is 0 Å². The minimum absolute atomic E-state index is 0.00126. The summed E-state index contributed by atoms with van der Waals surface area (Å²) in [4.78, 5) is 14.9. The summed E-state index contributed by atoms with van der Waals surface area (Å²) in [6.45, 7) is 3.75. The van der Waals surface area contributed by atoms with Gasteiger partial charge in [0.15, 0.2) is 5.65 Å². The third kappa shape index (κ3) is 1.53. The van der Waals surface area contributed by atoms with Crippen LogP contribution in [0.4, 0.5) is 5.69 Å². The fourth-order valence-electron chi connectivity index (χ4n) is 2.52. The largest absolute Gasteiger partial charge is 0.297 e. The Kier molecular flexibility index (Phi) is 2.44. The van der Waals surface area contributed by atoms with Crippen molar-refractivity contribution in [3.63, 3.8) is 0 Å². The zero-order chi connectivity index (χ0) is 14.4. The summed E-state index contributed by atoms with van der Waals surface area (Å²) in [5.74, 6) is 0. The molecule has 0 saturated heterocycles. The second kappa shape index (κ2) is 4.03. The summed E-state index contributed by atoms with van der Waals surface area (Å²) >= 11 is 0. The highest BCUT2D eigenvalue weighted by Crippen LogP contribution is 2.29. The van der Waals surface area contributed by atoms with Crippen molar-refractivity contribution in [3.8, 4) is 6.07 Å². The number of nitrogens with zero attached hydrogens (tertiary/aromatic N) is 4. The monoisotopic (exact) mass is 266 g/mol. The van der Waals surface area contributed by atoms with Crippen LogP contribution in [0.1, 0.15) is 17.0 Å². The number of aryl methyl sites for hydroxylation is 2. The number of nitro benzene ring substituents is 1. The third-order valence-electron chi connectivity index (χ3n) is 3.30. The van der Waals surface area contributed by atoms with Crippen molar-refractivity contribution >= 4 is 22.2 Å². The second-order valence-electron chi connectivity index (χ2n) is 4.64. The van der Waals surface area contributed by atoms with Crippen LogP contribution in [0.2, 0.25) is 0 Å². The SMILES string of the molecule is Cc1cc(C)n2c(n1)c(C#N)c1ccc([N+](=O)[O-])cc12. The van der Waals surface area contributed by atoms with Crippen LogP contribution in [0.15, 0.2) is 24.3 Å². The first-order valence-electron chi connectivity index (χ1n) is 6.00. The first kappa shape index (κ1) is 12.1. The molecule has 6 nitrogen and oxygen atoms in total. The first-order chi connectivity index (χ1) is 9.52. The van der Waals surface area contributed by atoms with Gasteiger partial charge in [-0.25, -0.2) is 4.98 Å². The van der Waals surface area contributed by atoms with Gasteiger partial charge in [0.2, 0.25) is 0 Å². The van der Waals surface area contributed by atoms with Crippen LogP contribution >= 0.6 is 0 Å². The number of hydrogen-bond acceptors (Lipinski definition) is 4. The predicted octanol–water partition coefficient (Wildman–Crippen LogP) is 2.88. The van der Waals surface area contributed by atoms with Crippen LogP contribution in [0, 0.1) is 35.3 Å². The Labute approximate surface area is 114 Å². The number of benzene rings is 1. The number of rotatable bonds is 1. The van der Waals surface area contributed by atoms with Crippen LogP contribution in [0.25, 0.3) is 16.6 Å². The normalized spacial score (nSPS) is 10.8. The van der Waals surface area contributed by atoms with E-state index in [-0.39, 0.29) is 5.69 Å². The van der Waals surface area contributed by atoms with Gasteiger partial charge in [0.25, 0.3) is 5.69 Å². The molecule has 20 heavy (non-hydrogen) atoms. The topological polar surface area (TPSA) is 84.2 Å². The average Bonchev–Trinajstić information content (AvgIpc) is 2.70. The molecule has 0 radical (unpaired) electrons. The number of non-ortho nitro benzene ring substituents is 1. The van der Waals surface area contributed by atoms with Crippen LogP contribution in [0.5, 0.6) is 0 Å². The maximum absolute atomic E-state index is 10.9. The van der Waals surface area contributed by atoms with E-state index in [1.165, 1.54) is 12.1 Å². The molecule has 3 aromatic rings. The molecule has 0 saturated carbocycles. The van der Waals surface area contributed by atoms with Gasteiger partial charge in [-0.15, -0.1) is 0 Å². The Morgan fingerprint density at radius 2 is 2.10 bits per heavy atom. The van der Waals surface area contributed by atoms with Gasteiger partial charge < -0.3 is 0 Å². The smallest absolute Gasteiger partial charge is 0.271 e. The van der Waals surface area contributed by atoms with Gasteiger partial charge in [0, 0.05) is 28.9 Å². The summed E-state index contributed by atoms with van der Waals surface area (Å²) in [6.07, 6.45) is 0. The summed E-state index contributed by atoms with van der Waals surface area (Å²) in [7, 11) is 0. The van der Waals surface area contributed by atoms with Crippen molar-refractivity contribution < 1.29 is 4.92 Å². The van der Waals surface area contributed by atoms with E-state index in [0.29, 0.717) is 22.1 Å². The maximum Gasteiger partial charge on any atom is 0.271 e. The minimum Gasteiger partial charge on any atom is -0.297 e. The lowest BCUT2D eigenvalue weighted by atomic mass is 10.2. The molecule has 2 aromatic heterocycles. The van der Waals surface area contributed by atoms with Gasteiger partial charge in [-0.2, -0.15) is 5.26 Å². The van der Waals surface area contributed by atoms with Gasteiger partial charge >= 0.3 is 0 Å². The molecule has 3 rings (SSSR count). The van der Waals surface area contributed by atoms with Crippen LogP contribution in [0.3, 0.4) is 0 Å². The van der Waals surface area contributed by atoms with Crippen molar-refractivity contribution in [3.05, 3.63) is 51.3 Å². The standard InChI is InChI=1S/C14H10N4O2/c1-8-5-9(2)17-13-6-10(18(19)20)3-4-11(13)12(7-15)14(17)16-8/h3-6H,1-2H3. The number of nitriles is 1. The lowest BCUT2D eigenvalue weighted by Gasteiger charge is -2.03. The van der Waals surface area contributed by atoms with Crippen LogP contribution < -0.4 is 0 Å². The molecule has 2 heterocycles. The van der Waals surface area contributed by atoms with Crippen molar-refractivity contribution in [1.29, 1.82) is 5.26 Å². The van der Waals surface area contributed by atoms with E-state index in [4.69, 9.17) is 0 Å². The van der Waals surface area contributed by atoms with Gasteiger partial charge in [-0.05, 0) is 26.0 Å². The summed E-state index contributed by atoms with van der Waals surface area (Å²) < 4.78 is 1.79. The summed E-state index contributed by atoms with van der Waals surface area (Å²) in [5.41, 5.74) is 3.32. The Morgan fingerprint density at radius 3 is 2.75 bits per heavy atom. The highest BCUT2D eigenvalue weighted by molar-refractivity contribution is 5.95. The van der Waals surface area contributed by atoms with E-state index < -0.39 is 4.92 Å². The van der Waals surface area contributed by atoms with Gasteiger partial charge in [0.05, 0.1) is 10.4 Å². The van der Waals surface area contributed by atoms with Gasteiger partial charge in [-0.3, -0.25) is 14.5 Å². The Hall–Kier alpha value is -2.94. The lowest BCUT2D eigenvalue weighted by molar-refractivity contribution is -0.384. The second-order valence-corrected chi connectivity index (χ2v) is 4.64. The number of aromatic nitrogens is 2. The van der Waals surface area contributed by atoms with Crippen molar-refractivity contribution in [2.75, 3.05) is 0 Å². The van der Waals surface area contributed by atoms with E-state index in [1.54, 1.807) is 10.5 Å². The Bertz CT molecular complexity index is 918. The molecule has 6 heteroatoms. The molecule has 0 aliphatic carbocycles. The third-order valence-corrected chi connectivity index (χ3v) is 3.30. The fourth-order valence-corrected chi connectivity index (χ4v) is 2.52. The molecular weight excluding hydrogens is 256 g/mol. The van der Waals surface area contributed by atoms with Crippen LogP contribution in [-0.4, -0.2) is 14.3 Å². The number of hydrogen-bond donors (Lipinski definition) is 0. The maximum atomic E-state index is 10.9. The fraction of sp³-hybridized carbons (Fsp3) is 0.143. The average molecular weight is 266 g/mol. The van der Waals surface area contributed by atoms with Crippen molar-refractivity contribution in [2.24, 2.45) is 0 Å². The molecule has 0 amide bonds. The van der Waals surface area contributed by atoms with Crippen molar-refractivity contribution in [1.82, 2.24) is 9.38 Å². The van der Waals surface area contributed by atoms with Crippen LogP contribution in [-0.2, 0) is 0 Å².